The number of para-hydroxylation sites is 1. The van der Waals surface area contributed by atoms with E-state index in [1.54, 1.807) is 4.68 Å². The molecule has 0 spiro atoms. The van der Waals surface area contributed by atoms with Crippen LogP contribution in [0.3, 0.4) is 0 Å². The number of hydrazone groups is 1. The van der Waals surface area contributed by atoms with Gasteiger partial charge in [-0.1, -0.05) is 18.2 Å². The highest BCUT2D eigenvalue weighted by atomic mass is 16.6. The third kappa shape index (κ3) is 4.07. The molecule has 0 radical (unpaired) electrons. The number of hydrogen-bond acceptors (Lipinski definition) is 9. The van der Waals surface area contributed by atoms with Crippen LogP contribution in [0.25, 0.3) is 5.69 Å². The summed E-state index contributed by atoms with van der Waals surface area (Å²) in [6, 6.07) is 12.5. The second-order valence-corrected chi connectivity index (χ2v) is 5.19. The number of nitrogens with zero attached hydrogens (tertiary/aromatic N) is 7. The van der Waals surface area contributed by atoms with Crippen molar-refractivity contribution in [3.63, 3.8) is 0 Å². The van der Waals surface area contributed by atoms with Gasteiger partial charge < -0.3 is 0 Å². The summed E-state index contributed by atoms with van der Waals surface area (Å²) in [5, 5.41) is 37.2. The molecule has 2 aromatic carbocycles. The summed E-state index contributed by atoms with van der Waals surface area (Å²) >= 11 is 0. The minimum Gasteiger partial charge on any atom is -0.272 e. The number of hydrogen-bond donors (Lipinski definition) is 1. The number of nitrogens with one attached hydrogen (secondary N) is 1. The Labute approximate surface area is 151 Å². The molecule has 1 N–H and O–H groups in total. The lowest BCUT2D eigenvalue weighted by Crippen LogP contribution is -2.04. The number of nitro groups is 2. The first kappa shape index (κ1) is 17.6. The summed E-state index contributed by atoms with van der Waals surface area (Å²) in [6.07, 6.45) is 1.70. The molecule has 0 fully saturated rings. The van der Waals surface area contributed by atoms with E-state index in [2.05, 4.69) is 26.1 Å². The van der Waals surface area contributed by atoms with E-state index in [0.717, 1.165) is 17.8 Å². The summed E-state index contributed by atoms with van der Waals surface area (Å²) in [5.41, 5.74) is 2.50. The Hall–Kier alpha value is -4.22. The molecule has 0 amide bonds. The van der Waals surface area contributed by atoms with Gasteiger partial charge in [-0.3, -0.25) is 25.7 Å². The number of anilines is 1. The average Bonchev–Trinajstić information content (AvgIpc) is 3.14. The van der Waals surface area contributed by atoms with Crippen LogP contribution < -0.4 is 5.43 Å². The zero-order valence-corrected chi connectivity index (χ0v) is 13.7. The number of benzene rings is 2. The van der Waals surface area contributed by atoms with Gasteiger partial charge in [0.05, 0.1) is 21.6 Å². The van der Waals surface area contributed by atoms with Crippen molar-refractivity contribution in [3.8, 4) is 5.69 Å². The highest BCUT2D eigenvalue weighted by Crippen LogP contribution is 2.28. The first-order valence-electron chi connectivity index (χ1n) is 7.59. The second-order valence-electron chi connectivity index (χ2n) is 5.19. The van der Waals surface area contributed by atoms with Crippen LogP contribution in [-0.4, -0.2) is 36.3 Å². The Morgan fingerprint density at radius 2 is 1.89 bits per heavy atom. The minimum atomic E-state index is -0.721. The first-order chi connectivity index (χ1) is 13.1. The number of aromatic nitrogens is 4. The van der Waals surface area contributed by atoms with E-state index in [9.17, 15) is 20.2 Å². The minimum absolute atomic E-state index is 0.0319. The van der Waals surface area contributed by atoms with Gasteiger partial charge in [0.2, 0.25) is 0 Å². The quantitative estimate of drug-likeness (QED) is 0.378. The van der Waals surface area contributed by atoms with Crippen LogP contribution in [0.2, 0.25) is 0 Å². The first-order valence-corrected chi connectivity index (χ1v) is 7.59. The summed E-state index contributed by atoms with van der Waals surface area (Å²) in [6.45, 7) is 0. The van der Waals surface area contributed by atoms with E-state index in [4.69, 9.17) is 0 Å². The maximum absolute atomic E-state index is 11.1. The molecular formula is C15H12N8O4. The van der Waals surface area contributed by atoms with Crippen molar-refractivity contribution < 1.29 is 9.85 Å². The van der Waals surface area contributed by atoms with Gasteiger partial charge in [-0.2, -0.15) is 9.78 Å². The molecule has 0 saturated carbocycles. The zero-order valence-electron chi connectivity index (χ0n) is 13.7. The van der Waals surface area contributed by atoms with E-state index in [0.29, 0.717) is 5.82 Å². The number of nitro benzene ring substituents is 2. The molecular weight excluding hydrogens is 356 g/mol. The molecule has 1 heterocycles. The van der Waals surface area contributed by atoms with Crippen LogP contribution in [0.15, 0.2) is 53.6 Å². The fourth-order valence-corrected chi connectivity index (χ4v) is 2.22. The Bertz CT molecular complexity index is 1000. The maximum Gasteiger partial charge on any atom is 0.301 e. The molecule has 0 bridgehead atoms. The Morgan fingerprint density at radius 1 is 1.11 bits per heavy atom. The van der Waals surface area contributed by atoms with E-state index in [1.165, 1.54) is 12.3 Å². The van der Waals surface area contributed by atoms with Crippen molar-refractivity contribution in [2.45, 2.75) is 6.42 Å². The molecule has 3 aromatic rings. The van der Waals surface area contributed by atoms with Gasteiger partial charge in [0.15, 0.2) is 5.82 Å². The highest BCUT2D eigenvalue weighted by Gasteiger charge is 2.19. The summed E-state index contributed by atoms with van der Waals surface area (Å²) in [7, 11) is 0. The fourth-order valence-electron chi connectivity index (χ4n) is 2.22. The van der Waals surface area contributed by atoms with Crippen LogP contribution >= 0.6 is 0 Å². The van der Waals surface area contributed by atoms with Gasteiger partial charge >= 0.3 is 5.69 Å². The van der Waals surface area contributed by atoms with Gasteiger partial charge in [-0.05, 0) is 28.6 Å². The molecule has 27 heavy (non-hydrogen) atoms. The van der Waals surface area contributed by atoms with Gasteiger partial charge in [0.1, 0.15) is 5.69 Å². The van der Waals surface area contributed by atoms with Crippen LogP contribution in [0.1, 0.15) is 5.82 Å². The van der Waals surface area contributed by atoms with Crippen LogP contribution in [0, 0.1) is 20.2 Å². The molecule has 136 valence electrons. The number of tetrazole rings is 1. The van der Waals surface area contributed by atoms with E-state index >= 15 is 0 Å². The van der Waals surface area contributed by atoms with Crippen molar-refractivity contribution in [1.29, 1.82) is 0 Å². The van der Waals surface area contributed by atoms with Crippen LogP contribution in [0.4, 0.5) is 17.1 Å². The lowest BCUT2D eigenvalue weighted by atomic mass is 10.2. The van der Waals surface area contributed by atoms with Crippen molar-refractivity contribution >= 4 is 23.3 Å². The standard InChI is InChI=1S/C15H12N8O4/c24-22(25)12-6-7-13(14(10-12)23(26)27)17-16-9-8-15-18-19-20-21(15)11-4-2-1-3-5-11/h1-7,9-10,17H,8H2/b16-9-. The molecule has 1 aromatic heterocycles. The highest BCUT2D eigenvalue weighted by molar-refractivity contribution is 5.68. The maximum atomic E-state index is 11.1. The molecule has 0 aliphatic heterocycles. The number of non-ortho nitro benzene ring substituents is 1. The summed E-state index contributed by atoms with van der Waals surface area (Å²) in [5.74, 6) is 0.518. The Kier molecular flexibility index (Phi) is 5.07. The van der Waals surface area contributed by atoms with Crippen molar-refractivity contribution in [2.75, 3.05) is 5.43 Å². The Morgan fingerprint density at radius 3 is 2.59 bits per heavy atom. The summed E-state index contributed by atoms with van der Waals surface area (Å²) < 4.78 is 1.54. The zero-order chi connectivity index (χ0) is 19.2. The molecule has 12 heteroatoms. The molecule has 0 aliphatic carbocycles. The third-order valence-electron chi connectivity index (χ3n) is 3.47. The smallest absolute Gasteiger partial charge is 0.272 e. The van der Waals surface area contributed by atoms with Gasteiger partial charge in [0.25, 0.3) is 5.69 Å². The number of rotatable bonds is 7. The average molecular weight is 368 g/mol. The second kappa shape index (κ2) is 7.77. The van der Waals surface area contributed by atoms with Crippen molar-refractivity contribution in [1.82, 2.24) is 20.2 Å². The van der Waals surface area contributed by atoms with Gasteiger partial charge in [-0.15, -0.1) is 5.10 Å². The Balaban J connectivity index is 1.72. The largest absolute Gasteiger partial charge is 0.301 e. The molecule has 3 rings (SSSR count). The summed E-state index contributed by atoms with van der Waals surface area (Å²) in [4.78, 5) is 20.4. The van der Waals surface area contributed by atoms with E-state index in [1.807, 2.05) is 30.3 Å². The SMILES string of the molecule is O=[N+]([O-])c1ccc(N/N=C\Cc2nnnn2-c2ccccc2)c([N+](=O)[O-])c1. The van der Waals surface area contributed by atoms with E-state index < -0.39 is 15.5 Å². The van der Waals surface area contributed by atoms with Gasteiger partial charge in [0, 0.05) is 18.7 Å². The molecule has 0 unspecified atom stereocenters. The predicted molar refractivity (Wildman–Crippen MR) is 94.7 cm³/mol. The lowest BCUT2D eigenvalue weighted by Gasteiger charge is -2.03. The molecule has 12 nitrogen and oxygen atoms in total. The van der Waals surface area contributed by atoms with E-state index in [-0.39, 0.29) is 17.8 Å². The molecule has 0 saturated heterocycles. The lowest BCUT2D eigenvalue weighted by molar-refractivity contribution is -0.393. The van der Waals surface area contributed by atoms with Crippen molar-refractivity contribution in [2.24, 2.45) is 5.10 Å². The molecule has 0 aliphatic rings. The monoisotopic (exact) mass is 368 g/mol. The van der Waals surface area contributed by atoms with Crippen LogP contribution in [-0.2, 0) is 6.42 Å². The predicted octanol–water partition coefficient (Wildman–Crippen LogP) is 2.12. The third-order valence-corrected chi connectivity index (χ3v) is 3.47. The van der Waals surface area contributed by atoms with Crippen molar-refractivity contribution in [3.05, 3.63) is 74.6 Å². The normalized spacial score (nSPS) is 10.8. The fraction of sp³-hybridized carbons (Fsp3) is 0.0667. The van der Waals surface area contributed by atoms with Crippen LogP contribution in [0.5, 0.6) is 0 Å². The topological polar surface area (TPSA) is 154 Å². The molecule has 0 atom stereocenters. The van der Waals surface area contributed by atoms with Gasteiger partial charge in [-0.25, -0.2) is 0 Å².